The summed E-state index contributed by atoms with van der Waals surface area (Å²) in [6.07, 6.45) is 2.08. The van der Waals surface area contributed by atoms with E-state index in [0.717, 1.165) is 19.6 Å². The van der Waals surface area contributed by atoms with Crippen molar-refractivity contribution in [1.82, 2.24) is 9.80 Å². The van der Waals surface area contributed by atoms with E-state index >= 15 is 0 Å². The summed E-state index contributed by atoms with van der Waals surface area (Å²) in [5, 5.41) is 14.8. The number of ether oxygens (including phenoxy) is 3. The summed E-state index contributed by atoms with van der Waals surface area (Å²) in [6, 6.07) is 12.1. The van der Waals surface area contributed by atoms with E-state index in [4.69, 9.17) is 34.0 Å². The molecule has 35 heavy (non-hydrogen) atoms. The minimum absolute atomic E-state index is 0.0202. The summed E-state index contributed by atoms with van der Waals surface area (Å²) in [5.74, 6) is -2.20. The molecule has 0 saturated carbocycles. The first-order valence-corrected chi connectivity index (χ1v) is 11.9. The number of aliphatic carboxylic acids is 2. The van der Waals surface area contributed by atoms with Crippen molar-refractivity contribution in [2.24, 2.45) is 0 Å². The van der Waals surface area contributed by atoms with Crippen LogP contribution in [0.15, 0.2) is 41.3 Å². The van der Waals surface area contributed by atoms with Gasteiger partial charge in [-0.2, -0.15) is 0 Å². The van der Waals surface area contributed by atoms with E-state index < -0.39 is 11.9 Å². The number of methoxy groups -OCH3 is 3. The molecular weight excluding hydrogens is 476 g/mol. The Bertz CT molecular complexity index is 984. The molecule has 11 heteroatoms. The van der Waals surface area contributed by atoms with Crippen LogP contribution in [-0.4, -0.2) is 91.6 Å². The third-order valence-corrected chi connectivity index (χ3v) is 6.06. The highest BCUT2D eigenvalue weighted by molar-refractivity contribution is 7.98. The van der Waals surface area contributed by atoms with Crippen LogP contribution < -0.4 is 14.2 Å². The van der Waals surface area contributed by atoms with Gasteiger partial charge in [0.2, 0.25) is 5.75 Å². The van der Waals surface area contributed by atoms with Crippen LogP contribution in [0.5, 0.6) is 17.2 Å². The molecule has 1 heterocycles. The lowest BCUT2D eigenvalue weighted by Crippen LogP contribution is -2.48. The average molecular weight is 507 g/mol. The van der Waals surface area contributed by atoms with Gasteiger partial charge in [-0.1, -0.05) is 12.1 Å². The van der Waals surface area contributed by atoms with Crippen LogP contribution in [0.3, 0.4) is 0 Å². The number of hydrogen-bond donors (Lipinski definition) is 2. The van der Waals surface area contributed by atoms with E-state index in [1.165, 1.54) is 10.5 Å². The first-order valence-electron chi connectivity index (χ1n) is 10.6. The molecule has 0 aromatic heterocycles. The van der Waals surface area contributed by atoms with Gasteiger partial charge in [-0.05, 0) is 36.1 Å². The molecule has 0 aliphatic carbocycles. The topological polar surface area (TPSA) is 126 Å². The first kappa shape index (κ1) is 27.8. The number of benzene rings is 2. The van der Waals surface area contributed by atoms with E-state index in [0.29, 0.717) is 35.9 Å². The number of nitrogens with zero attached hydrogens (tertiary/aromatic N) is 2. The normalized spacial score (nSPS) is 13.3. The highest BCUT2D eigenvalue weighted by Gasteiger charge is 2.24. The number of piperazine rings is 1. The maximum absolute atomic E-state index is 13.0. The van der Waals surface area contributed by atoms with Crippen LogP contribution >= 0.6 is 11.8 Å². The predicted octanol–water partition coefficient (Wildman–Crippen LogP) is 2.55. The number of hydrogen-bond acceptors (Lipinski definition) is 8. The van der Waals surface area contributed by atoms with Gasteiger partial charge in [-0.15, -0.1) is 11.8 Å². The van der Waals surface area contributed by atoms with E-state index in [1.54, 1.807) is 45.2 Å². The van der Waals surface area contributed by atoms with Gasteiger partial charge < -0.3 is 29.3 Å². The summed E-state index contributed by atoms with van der Waals surface area (Å²) >= 11 is 1.75. The van der Waals surface area contributed by atoms with Crippen molar-refractivity contribution in [2.45, 2.75) is 11.4 Å². The van der Waals surface area contributed by atoms with Gasteiger partial charge in [0.1, 0.15) is 0 Å². The molecule has 190 valence electrons. The van der Waals surface area contributed by atoms with Crippen molar-refractivity contribution in [1.29, 1.82) is 0 Å². The fourth-order valence-corrected chi connectivity index (χ4v) is 3.89. The largest absolute Gasteiger partial charge is 0.493 e. The minimum Gasteiger partial charge on any atom is -0.493 e. The van der Waals surface area contributed by atoms with Crippen LogP contribution in [0.1, 0.15) is 15.9 Å². The molecule has 2 N–H and O–H groups in total. The van der Waals surface area contributed by atoms with Crippen LogP contribution in [-0.2, 0) is 16.1 Å². The zero-order valence-corrected chi connectivity index (χ0v) is 21.0. The minimum atomic E-state index is -1.82. The number of amides is 1. The molecule has 10 nitrogen and oxygen atoms in total. The number of carboxylic acids is 2. The zero-order chi connectivity index (χ0) is 26.0. The molecule has 2 aromatic carbocycles. The Kier molecular flexibility index (Phi) is 10.7. The second-order valence-electron chi connectivity index (χ2n) is 7.44. The Morgan fingerprint density at radius 1 is 0.857 bits per heavy atom. The Labute approximate surface area is 208 Å². The van der Waals surface area contributed by atoms with Crippen molar-refractivity contribution in [3.8, 4) is 17.2 Å². The summed E-state index contributed by atoms with van der Waals surface area (Å²) < 4.78 is 16.1. The Balaban J connectivity index is 0.000000641. The Morgan fingerprint density at radius 2 is 1.37 bits per heavy atom. The molecular formula is C24H30N2O8S. The molecule has 2 aromatic rings. The molecule has 1 aliphatic rings. The van der Waals surface area contributed by atoms with Gasteiger partial charge in [0.25, 0.3) is 5.91 Å². The van der Waals surface area contributed by atoms with Crippen LogP contribution in [0.25, 0.3) is 0 Å². The predicted molar refractivity (Wildman–Crippen MR) is 131 cm³/mol. The number of rotatable bonds is 7. The molecule has 0 unspecified atom stereocenters. The number of carboxylic acid groups (broad SMARTS) is 2. The number of carbonyl (C=O) groups excluding carboxylic acids is 1. The van der Waals surface area contributed by atoms with Gasteiger partial charge >= 0.3 is 11.9 Å². The molecule has 0 atom stereocenters. The molecule has 3 rings (SSSR count). The lowest BCUT2D eigenvalue weighted by atomic mass is 10.1. The second-order valence-corrected chi connectivity index (χ2v) is 8.32. The summed E-state index contributed by atoms with van der Waals surface area (Å²) in [4.78, 5) is 36.8. The van der Waals surface area contributed by atoms with E-state index in [-0.39, 0.29) is 5.91 Å². The van der Waals surface area contributed by atoms with Crippen molar-refractivity contribution in [3.63, 3.8) is 0 Å². The Hall–Kier alpha value is -3.44. The second kappa shape index (κ2) is 13.4. The van der Waals surface area contributed by atoms with Crippen molar-refractivity contribution >= 4 is 29.6 Å². The van der Waals surface area contributed by atoms with Crippen LogP contribution in [0.2, 0.25) is 0 Å². The molecule has 0 radical (unpaired) electrons. The van der Waals surface area contributed by atoms with E-state index in [1.807, 2.05) is 4.90 Å². The first-order chi connectivity index (χ1) is 16.7. The van der Waals surface area contributed by atoms with Gasteiger partial charge in [-0.25, -0.2) is 9.59 Å². The SMILES string of the molecule is COc1cc(C(=O)N2CCN(Cc3ccc(SC)cc3)CC2)cc(OC)c1OC.O=C(O)C(=O)O. The van der Waals surface area contributed by atoms with Crippen molar-refractivity contribution < 1.29 is 38.8 Å². The molecule has 0 bridgehead atoms. The van der Waals surface area contributed by atoms with Gasteiger partial charge in [0, 0.05) is 43.2 Å². The van der Waals surface area contributed by atoms with Gasteiger partial charge in [0.05, 0.1) is 21.3 Å². The lowest BCUT2D eigenvalue weighted by Gasteiger charge is -2.35. The van der Waals surface area contributed by atoms with Crippen LogP contribution in [0, 0.1) is 0 Å². The Morgan fingerprint density at radius 3 is 1.77 bits per heavy atom. The molecule has 0 spiro atoms. The quantitative estimate of drug-likeness (QED) is 0.427. The van der Waals surface area contributed by atoms with E-state index in [2.05, 4.69) is 35.4 Å². The highest BCUT2D eigenvalue weighted by atomic mass is 32.2. The summed E-state index contributed by atoms with van der Waals surface area (Å²) in [6.45, 7) is 3.98. The molecule has 1 saturated heterocycles. The third-order valence-electron chi connectivity index (χ3n) is 5.32. The molecule has 1 amide bonds. The number of thioether (sulfide) groups is 1. The smallest absolute Gasteiger partial charge is 0.414 e. The van der Waals surface area contributed by atoms with Crippen molar-refractivity contribution in [2.75, 3.05) is 53.8 Å². The third kappa shape index (κ3) is 7.79. The maximum atomic E-state index is 13.0. The fourth-order valence-electron chi connectivity index (χ4n) is 3.49. The van der Waals surface area contributed by atoms with Crippen LogP contribution in [0.4, 0.5) is 0 Å². The van der Waals surface area contributed by atoms with Gasteiger partial charge in [0.15, 0.2) is 11.5 Å². The zero-order valence-electron chi connectivity index (χ0n) is 20.1. The lowest BCUT2D eigenvalue weighted by molar-refractivity contribution is -0.159. The van der Waals surface area contributed by atoms with E-state index in [9.17, 15) is 4.79 Å². The maximum Gasteiger partial charge on any atom is 0.414 e. The summed E-state index contributed by atoms with van der Waals surface area (Å²) in [5.41, 5.74) is 1.84. The van der Waals surface area contributed by atoms with Gasteiger partial charge in [-0.3, -0.25) is 9.69 Å². The average Bonchev–Trinajstić information content (AvgIpc) is 2.88. The highest BCUT2D eigenvalue weighted by Crippen LogP contribution is 2.38. The summed E-state index contributed by atoms with van der Waals surface area (Å²) in [7, 11) is 4.65. The molecule has 1 aliphatic heterocycles. The molecule has 1 fully saturated rings. The fraction of sp³-hybridized carbons (Fsp3) is 0.375. The number of carbonyl (C=O) groups is 3. The standard InChI is InChI=1S/C22H28N2O4S.C2H2O4/c1-26-19-13-17(14-20(27-2)21(19)28-3)22(25)24-11-9-23(10-12-24)15-16-5-7-18(29-4)8-6-16;3-1(4)2(5)6/h5-8,13-14H,9-12,15H2,1-4H3;(H,3,4)(H,5,6). The monoisotopic (exact) mass is 506 g/mol. The van der Waals surface area contributed by atoms with Crippen molar-refractivity contribution in [3.05, 3.63) is 47.5 Å².